The van der Waals surface area contributed by atoms with Crippen LogP contribution in [0.25, 0.3) is 0 Å². The number of fused-ring (bicyclic) bond motifs is 3. The van der Waals surface area contributed by atoms with Gasteiger partial charge >= 0.3 is 6.03 Å². The molecule has 1 spiro atoms. The summed E-state index contributed by atoms with van der Waals surface area (Å²) < 4.78 is 5.46. The monoisotopic (exact) mass is 371 g/mol. The standard InChI is InChI=1S/C20H25N3O4/c1-11-3-4-13(27-2)7-14(11)18-8-12-9-21-15(12)20(18,26)6-5-19(10-18)16(24)22-17(25)23-19/h3-4,7,12,15,21,26H,5-6,8-10H2,1-2H3,(H2,22,23,24,25). The lowest BCUT2D eigenvalue weighted by Gasteiger charge is -2.54. The second-order valence-electron chi connectivity index (χ2n) is 8.70. The third-order valence-electron chi connectivity index (χ3n) is 7.54. The average molecular weight is 371 g/mol. The first-order valence-electron chi connectivity index (χ1n) is 9.58. The minimum atomic E-state index is -0.956. The van der Waals surface area contributed by atoms with Gasteiger partial charge in [-0.3, -0.25) is 10.1 Å². The van der Waals surface area contributed by atoms with Crippen molar-refractivity contribution in [3.05, 3.63) is 29.3 Å². The van der Waals surface area contributed by atoms with Crippen LogP contribution in [0.2, 0.25) is 0 Å². The molecule has 2 saturated carbocycles. The normalized spacial score (nSPS) is 42.2. The topological polar surface area (TPSA) is 99.7 Å². The van der Waals surface area contributed by atoms with E-state index in [4.69, 9.17) is 4.74 Å². The summed E-state index contributed by atoms with van der Waals surface area (Å²) in [5.41, 5.74) is -0.433. The molecule has 7 nitrogen and oxygen atoms in total. The molecular weight excluding hydrogens is 346 g/mol. The molecule has 5 unspecified atom stereocenters. The molecule has 4 N–H and O–H groups in total. The fourth-order valence-corrected chi connectivity index (χ4v) is 6.21. The van der Waals surface area contributed by atoms with Crippen LogP contribution in [-0.2, 0) is 10.2 Å². The third kappa shape index (κ3) is 1.99. The van der Waals surface area contributed by atoms with Gasteiger partial charge in [0.1, 0.15) is 11.3 Å². The summed E-state index contributed by atoms with van der Waals surface area (Å²) in [4.78, 5) is 24.6. The van der Waals surface area contributed by atoms with E-state index in [0.717, 1.165) is 29.8 Å². The highest BCUT2D eigenvalue weighted by atomic mass is 16.5. The molecule has 2 aliphatic heterocycles. The Kier molecular flexibility index (Phi) is 3.30. The number of aliphatic hydroxyl groups is 1. The zero-order valence-corrected chi connectivity index (χ0v) is 15.6. The van der Waals surface area contributed by atoms with Gasteiger partial charge in [0.2, 0.25) is 0 Å². The molecule has 144 valence electrons. The Morgan fingerprint density at radius 1 is 1.26 bits per heavy atom. The van der Waals surface area contributed by atoms with E-state index >= 15 is 0 Å². The predicted molar refractivity (Wildman–Crippen MR) is 97.5 cm³/mol. The van der Waals surface area contributed by atoms with Crippen LogP contribution in [-0.4, -0.2) is 47.9 Å². The van der Waals surface area contributed by atoms with Gasteiger partial charge in [0, 0.05) is 11.5 Å². The van der Waals surface area contributed by atoms with Crippen molar-refractivity contribution in [2.24, 2.45) is 5.92 Å². The quantitative estimate of drug-likeness (QED) is 0.575. The number of carbonyl (C=O) groups excluding carboxylic acids is 2. The van der Waals surface area contributed by atoms with Gasteiger partial charge in [0.25, 0.3) is 5.91 Å². The van der Waals surface area contributed by atoms with E-state index in [1.165, 1.54) is 0 Å². The molecule has 0 aromatic heterocycles. The summed E-state index contributed by atoms with van der Waals surface area (Å²) in [5, 5.41) is 20.6. The van der Waals surface area contributed by atoms with Crippen molar-refractivity contribution in [3.63, 3.8) is 0 Å². The van der Waals surface area contributed by atoms with E-state index in [-0.39, 0.29) is 11.9 Å². The SMILES string of the molecule is COc1ccc(C)c(C23CC4CNC4C2(O)CCC2(C3)NC(=O)NC2=O)c1. The first-order chi connectivity index (χ1) is 12.8. The number of hydrogen-bond acceptors (Lipinski definition) is 5. The maximum Gasteiger partial charge on any atom is 0.322 e. The third-order valence-corrected chi connectivity index (χ3v) is 7.54. The predicted octanol–water partition coefficient (Wildman–Crippen LogP) is 0.726. The van der Waals surface area contributed by atoms with Crippen LogP contribution in [0.3, 0.4) is 0 Å². The maximum atomic E-state index is 12.7. The van der Waals surface area contributed by atoms with Crippen molar-refractivity contribution < 1.29 is 19.4 Å². The number of ether oxygens (including phenoxy) is 1. The van der Waals surface area contributed by atoms with Gasteiger partial charge in [-0.15, -0.1) is 0 Å². The van der Waals surface area contributed by atoms with Gasteiger partial charge < -0.3 is 20.5 Å². The summed E-state index contributed by atoms with van der Waals surface area (Å²) in [6.45, 7) is 2.91. The van der Waals surface area contributed by atoms with E-state index < -0.39 is 22.6 Å². The summed E-state index contributed by atoms with van der Waals surface area (Å²) >= 11 is 0. The molecule has 1 aromatic rings. The maximum absolute atomic E-state index is 12.7. The highest BCUT2D eigenvalue weighted by molar-refractivity contribution is 6.07. The van der Waals surface area contributed by atoms with E-state index in [1.807, 2.05) is 25.1 Å². The molecule has 5 rings (SSSR count). The second-order valence-corrected chi connectivity index (χ2v) is 8.70. The van der Waals surface area contributed by atoms with Gasteiger partial charge in [-0.05, 0) is 68.3 Å². The van der Waals surface area contributed by atoms with Crippen LogP contribution >= 0.6 is 0 Å². The molecule has 2 heterocycles. The van der Waals surface area contributed by atoms with E-state index in [0.29, 0.717) is 25.2 Å². The van der Waals surface area contributed by atoms with Crippen molar-refractivity contribution in [2.45, 2.75) is 55.2 Å². The Morgan fingerprint density at radius 2 is 2.07 bits per heavy atom. The zero-order chi connectivity index (χ0) is 19.0. The van der Waals surface area contributed by atoms with Gasteiger partial charge in [-0.25, -0.2) is 4.79 Å². The minimum Gasteiger partial charge on any atom is -0.497 e. The molecule has 5 atom stereocenters. The van der Waals surface area contributed by atoms with Gasteiger partial charge in [-0.2, -0.15) is 0 Å². The number of carbonyl (C=O) groups is 2. The van der Waals surface area contributed by atoms with Crippen molar-refractivity contribution in [2.75, 3.05) is 13.7 Å². The van der Waals surface area contributed by atoms with Crippen LogP contribution < -0.4 is 20.7 Å². The lowest BCUT2D eigenvalue weighted by molar-refractivity contribution is -0.134. The summed E-state index contributed by atoms with van der Waals surface area (Å²) in [6.07, 6.45) is 2.10. The Bertz CT molecular complexity index is 858. The van der Waals surface area contributed by atoms with Crippen LogP contribution in [0.4, 0.5) is 4.79 Å². The van der Waals surface area contributed by atoms with E-state index in [9.17, 15) is 14.7 Å². The number of rotatable bonds is 2. The molecule has 2 saturated heterocycles. The Hall–Kier alpha value is -2.12. The van der Waals surface area contributed by atoms with Crippen molar-refractivity contribution in [3.8, 4) is 5.75 Å². The molecule has 2 aliphatic carbocycles. The summed E-state index contributed by atoms with van der Waals surface area (Å²) in [7, 11) is 1.63. The minimum absolute atomic E-state index is 0.0283. The molecule has 4 fully saturated rings. The molecule has 1 aromatic carbocycles. The Morgan fingerprint density at radius 3 is 2.70 bits per heavy atom. The van der Waals surface area contributed by atoms with Gasteiger partial charge in [-0.1, -0.05) is 6.07 Å². The second kappa shape index (κ2) is 5.23. The average Bonchev–Trinajstić information content (AvgIpc) is 2.97. The van der Waals surface area contributed by atoms with Gasteiger partial charge in [0.05, 0.1) is 12.7 Å². The summed E-state index contributed by atoms with van der Waals surface area (Å²) in [6, 6.07) is 5.51. The lowest BCUT2D eigenvalue weighted by Crippen LogP contribution is -2.69. The fourth-order valence-electron chi connectivity index (χ4n) is 6.21. The lowest BCUT2D eigenvalue weighted by atomic mass is 9.55. The first kappa shape index (κ1) is 17.0. The number of benzene rings is 1. The van der Waals surface area contributed by atoms with Crippen molar-refractivity contribution in [1.82, 2.24) is 16.0 Å². The highest BCUT2D eigenvalue weighted by Crippen LogP contribution is 2.63. The summed E-state index contributed by atoms with van der Waals surface area (Å²) in [5.74, 6) is 0.830. The van der Waals surface area contributed by atoms with E-state index in [2.05, 4.69) is 16.0 Å². The largest absolute Gasteiger partial charge is 0.497 e. The van der Waals surface area contributed by atoms with Gasteiger partial charge in [0.15, 0.2) is 0 Å². The van der Waals surface area contributed by atoms with E-state index in [1.54, 1.807) is 7.11 Å². The Labute approximate surface area is 157 Å². The molecule has 4 aliphatic rings. The molecule has 0 bridgehead atoms. The number of aryl methyl sites for hydroxylation is 1. The van der Waals surface area contributed by atoms with Crippen molar-refractivity contribution >= 4 is 11.9 Å². The number of imide groups is 1. The number of hydrogen-bond donors (Lipinski definition) is 4. The van der Waals surface area contributed by atoms with Crippen LogP contribution in [0.1, 0.15) is 36.8 Å². The van der Waals surface area contributed by atoms with Crippen LogP contribution in [0.15, 0.2) is 18.2 Å². The highest BCUT2D eigenvalue weighted by Gasteiger charge is 2.72. The fraction of sp³-hybridized carbons (Fsp3) is 0.600. The zero-order valence-electron chi connectivity index (χ0n) is 15.6. The Balaban J connectivity index is 1.69. The van der Waals surface area contributed by atoms with Crippen molar-refractivity contribution in [1.29, 1.82) is 0 Å². The number of amides is 3. The van der Waals surface area contributed by atoms with Crippen LogP contribution in [0, 0.1) is 12.8 Å². The molecule has 3 amide bonds. The smallest absolute Gasteiger partial charge is 0.322 e. The molecular formula is C20H25N3O4. The number of methoxy groups -OCH3 is 1. The molecule has 0 radical (unpaired) electrons. The number of nitrogens with one attached hydrogen (secondary N) is 3. The molecule has 7 heteroatoms. The molecule has 27 heavy (non-hydrogen) atoms. The number of urea groups is 1. The first-order valence-corrected chi connectivity index (χ1v) is 9.58. The van der Waals surface area contributed by atoms with Crippen LogP contribution in [0.5, 0.6) is 5.75 Å².